The Labute approximate surface area is 196 Å². The fraction of sp³-hybridized carbons (Fsp3) is 0.304. The Morgan fingerprint density at radius 3 is 2.65 bits per heavy atom. The largest absolute Gasteiger partial charge is 0.490 e. The number of carbonyl (C=O) groups excluding carboxylic acids is 1. The van der Waals surface area contributed by atoms with Crippen molar-refractivity contribution >= 4 is 21.6 Å². The fourth-order valence-corrected chi connectivity index (χ4v) is 5.74. The second-order valence-corrected chi connectivity index (χ2v) is 10.4. The highest BCUT2D eigenvalue weighted by atomic mass is 32.2. The van der Waals surface area contributed by atoms with E-state index >= 15 is 0 Å². The van der Waals surface area contributed by atoms with E-state index in [1.807, 2.05) is 30.3 Å². The standard InChI is InChI=1S/C23H24FN5O4S/c1-27-12-17(11-25-27)16-2-7-22-21(10-16)26-23(30)14-28-8-9-29(13-19(28)15-33-22)34(31,32)20-5-3-18(24)4-6-20/h2-7,10-12,19H,8-9,13-15H2,1H3,(H,26,30)/t19-/m0/s1. The van der Waals surface area contributed by atoms with Gasteiger partial charge in [-0.3, -0.25) is 14.4 Å². The van der Waals surface area contributed by atoms with Crippen LogP contribution >= 0.6 is 0 Å². The lowest BCUT2D eigenvalue weighted by Crippen LogP contribution is -2.57. The number of hydrogen-bond donors (Lipinski definition) is 1. The molecule has 1 fully saturated rings. The van der Waals surface area contributed by atoms with Crippen LogP contribution in [0.4, 0.5) is 10.1 Å². The van der Waals surface area contributed by atoms with E-state index in [4.69, 9.17) is 4.74 Å². The van der Waals surface area contributed by atoms with Gasteiger partial charge in [0.25, 0.3) is 0 Å². The van der Waals surface area contributed by atoms with E-state index in [9.17, 15) is 17.6 Å². The summed E-state index contributed by atoms with van der Waals surface area (Å²) in [5.41, 5.74) is 2.37. The lowest BCUT2D eigenvalue weighted by atomic mass is 10.1. The number of carbonyl (C=O) groups is 1. The van der Waals surface area contributed by atoms with Crippen molar-refractivity contribution in [3.63, 3.8) is 0 Å². The number of piperazine rings is 1. The summed E-state index contributed by atoms with van der Waals surface area (Å²) in [5, 5.41) is 7.11. The van der Waals surface area contributed by atoms with Crippen molar-refractivity contribution in [1.82, 2.24) is 19.0 Å². The number of sulfonamides is 1. The molecule has 178 valence electrons. The first-order valence-corrected chi connectivity index (χ1v) is 12.3. The Morgan fingerprint density at radius 1 is 1.12 bits per heavy atom. The number of nitrogens with zero attached hydrogens (tertiary/aromatic N) is 4. The molecule has 1 amide bonds. The van der Waals surface area contributed by atoms with Crippen molar-refractivity contribution in [2.45, 2.75) is 10.9 Å². The van der Waals surface area contributed by atoms with Gasteiger partial charge in [-0.2, -0.15) is 9.40 Å². The Balaban J connectivity index is 1.37. The molecule has 1 saturated heterocycles. The molecule has 34 heavy (non-hydrogen) atoms. The average Bonchev–Trinajstić information content (AvgIpc) is 3.27. The first-order valence-electron chi connectivity index (χ1n) is 10.8. The molecule has 1 atom stereocenters. The van der Waals surface area contributed by atoms with E-state index in [1.165, 1.54) is 16.4 Å². The number of amides is 1. The summed E-state index contributed by atoms with van der Waals surface area (Å²) in [5.74, 6) is -0.180. The maximum Gasteiger partial charge on any atom is 0.243 e. The minimum absolute atomic E-state index is 0.0392. The third kappa shape index (κ3) is 4.41. The molecular formula is C23H24FN5O4S. The van der Waals surface area contributed by atoms with Gasteiger partial charge in [-0.15, -0.1) is 0 Å². The SMILES string of the molecule is Cn1cc(-c2ccc3c(c2)NC(=O)CN2CCN(S(=O)(=O)c4ccc(F)cc4)C[C@H]2CO3)cn1. The Morgan fingerprint density at radius 2 is 1.91 bits per heavy atom. The molecule has 9 nitrogen and oxygen atoms in total. The van der Waals surface area contributed by atoms with Gasteiger partial charge in [-0.05, 0) is 42.0 Å². The first kappa shape index (κ1) is 22.5. The topological polar surface area (TPSA) is 96.8 Å². The highest BCUT2D eigenvalue weighted by Gasteiger charge is 2.36. The van der Waals surface area contributed by atoms with Gasteiger partial charge < -0.3 is 10.1 Å². The lowest BCUT2D eigenvalue weighted by molar-refractivity contribution is -0.118. The van der Waals surface area contributed by atoms with Gasteiger partial charge in [0.15, 0.2) is 0 Å². The number of rotatable bonds is 3. The monoisotopic (exact) mass is 485 g/mol. The van der Waals surface area contributed by atoms with Gasteiger partial charge in [0, 0.05) is 38.4 Å². The summed E-state index contributed by atoms with van der Waals surface area (Å²) < 4.78 is 48.6. The normalized spacial score (nSPS) is 19.7. The van der Waals surface area contributed by atoms with Crippen LogP contribution in [0.2, 0.25) is 0 Å². The first-order chi connectivity index (χ1) is 16.3. The van der Waals surface area contributed by atoms with Crippen molar-refractivity contribution in [2.24, 2.45) is 7.05 Å². The molecule has 2 aromatic carbocycles. The zero-order chi connectivity index (χ0) is 23.9. The van der Waals surface area contributed by atoms with Crippen LogP contribution in [0.5, 0.6) is 5.75 Å². The zero-order valence-electron chi connectivity index (χ0n) is 18.5. The van der Waals surface area contributed by atoms with Gasteiger partial charge >= 0.3 is 0 Å². The predicted octanol–water partition coefficient (Wildman–Crippen LogP) is 1.93. The van der Waals surface area contributed by atoms with E-state index < -0.39 is 15.8 Å². The smallest absolute Gasteiger partial charge is 0.243 e. The molecule has 0 spiro atoms. The van der Waals surface area contributed by atoms with Crippen molar-refractivity contribution in [3.8, 4) is 16.9 Å². The highest BCUT2D eigenvalue weighted by Crippen LogP contribution is 2.32. The number of aromatic nitrogens is 2. The Hall–Kier alpha value is -3.28. The number of fused-ring (bicyclic) bond motifs is 2. The number of anilines is 1. The average molecular weight is 486 g/mol. The molecular weight excluding hydrogens is 461 g/mol. The van der Waals surface area contributed by atoms with E-state index in [1.54, 1.807) is 16.9 Å². The Kier molecular flexibility index (Phi) is 5.84. The van der Waals surface area contributed by atoms with Crippen LogP contribution in [0.25, 0.3) is 11.1 Å². The second-order valence-electron chi connectivity index (χ2n) is 8.41. The van der Waals surface area contributed by atoms with Crippen molar-refractivity contribution in [1.29, 1.82) is 0 Å². The third-order valence-corrected chi connectivity index (χ3v) is 7.97. The Bertz CT molecular complexity index is 1330. The van der Waals surface area contributed by atoms with Crippen LogP contribution in [-0.4, -0.2) is 72.1 Å². The molecule has 0 bridgehead atoms. The molecule has 2 aliphatic heterocycles. The molecule has 0 saturated carbocycles. The maximum absolute atomic E-state index is 13.3. The molecule has 0 aliphatic carbocycles. The summed E-state index contributed by atoms with van der Waals surface area (Å²) in [7, 11) is -1.96. The quantitative estimate of drug-likeness (QED) is 0.609. The summed E-state index contributed by atoms with van der Waals surface area (Å²) in [4.78, 5) is 14.8. The third-order valence-electron chi connectivity index (χ3n) is 6.09. The number of benzene rings is 2. The number of hydrogen-bond acceptors (Lipinski definition) is 6. The summed E-state index contributed by atoms with van der Waals surface area (Å²) >= 11 is 0. The molecule has 1 aromatic heterocycles. The summed E-state index contributed by atoms with van der Waals surface area (Å²) in [6.07, 6.45) is 3.63. The van der Waals surface area contributed by atoms with Crippen LogP contribution in [0.1, 0.15) is 0 Å². The number of nitrogens with one attached hydrogen (secondary N) is 1. The number of aryl methyl sites for hydroxylation is 1. The van der Waals surface area contributed by atoms with Crippen molar-refractivity contribution < 1.29 is 22.3 Å². The molecule has 5 rings (SSSR count). The van der Waals surface area contributed by atoms with Gasteiger partial charge in [-0.1, -0.05) is 6.07 Å². The molecule has 3 aromatic rings. The van der Waals surface area contributed by atoms with Crippen LogP contribution in [0.15, 0.2) is 59.8 Å². The molecule has 0 radical (unpaired) electrons. The summed E-state index contributed by atoms with van der Waals surface area (Å²) in [6, 6.07) is 10.0. The molecule has 3 heterocycles. The minimum atomic E-state index is -3.79. The van der Waals surface area contributed by atoms with Crippen LogP contribution in [0.3, 0.4) is 0 Å². The zero-order valence-corrected chi connectivity index (χ0v) is 19.3. The lowest BCUT2D eigenvalue weighted by Gasteiger charge is -2.39. The fourth-order valence-electron chi connectivity index (χ4n) is 4.27. The molecule has 0 unspecified atom stereocenters. The second kappa shape index (κ2) is 8.82. The van der Waals surface area contributed by atoms with Crippen molar-refractivity contribution in [3.05, 3.63) is 60.7 Å². The number of ether oxygens (including phenoxy) is 1. The molecule has 1 N–H and O–H groups in total. The van der Waals surface area contributed by atoms with Gasteiger partial charge in [0.2, 0.25) is 15.9 Å². The van der Waals surface area contributed by atoms with E-state index in [-0.39, 0.29) is 43.1 Å². The highest BCUT2D eigenvalue weighted by molar-refractivity contribution is 7.89. The van der Waals surface area contributed by atoms with Gasteiger partial charge in [0.05, 0.1) is 29.4 Å². The van der Waals surface area contributed by atoms with Crippen LogP contribution in [-0.2, 0) is 21.9 Å². The van der Waals surface area contributed by atoms with Crippen LogP contribution < -0.4 is 10.1 Å². The van der Waals surface area contributed by atoms with Gasteiger partial charge in [-0.25, -0.2) is 12.8 Å². The molecule has 2 aliphatic rings. The molecule has 11 heteroatoms. The summed E-state index contributed by atoms with van der Waals surface area (Å²) in [6.45, 7) is 1.09. The number of halogens is 1. The van der Waals surface area contributed by atoms with Gasteiger partial charge in [0.1, 0.15) is 18.2 Å². The maximum atomic E-state index is 13.3. The predicted molar refractivity (Wildman–Crippen MR) is 123 cm³/mol. The van der Waals surface area contributed by atoms with E-state index in [0.29, 0.717) is 18.0 Å². The van der Waals surface area contributed by atoms with E-state index in [2.05, 4.69) is 10.4 Å². The van der Waals surface area contributed by atoms with Crippen LogP contribution in [0, 0.1) is 5.82 Å². The van der Waals surface area contributed by atoms with E-state index in [0.717, 1.165) is 23.3 Å². The minimum Gasteiger partial charge on any atom is -0.490 e. The van der Waals surface area contributed by atoms with Crippen molar-refractivity contribution in [2.75, 3.05) is 38.1 Å².